The van der Waals surface area contributed by atoms with Gasteiger partial charge in [0.1, 0.15) is 34.9 Å². The zero-order valence-corrected chi connectivity index (χ0v) is 21.8. The Hall–Kier alpha value is -4.06. The third kappa shape index (κ3) is 3.24. The van der Waals surface area contributed by atoms with Crippen LogP contribution in [0.15, 0.2) is 71.2 Å². The van der Waals surface area contributed by atoms with Crippen molar-refractivity contribution in [1.82, 2.24) is 0 Å². The standard InChI is InChI=1S/C31H28O6/c1-14(2)18-8-20-22(34-16(5)32)12-25-29-28(20)24(10-18)36-26-13-23(35-17(6)33)21-9-19(15(3)4)11-27(37-25)31(21,7)30(26)29/h8-14,27H,3H2,1-2,4-7H3. The average molecular weight is 497 g/mol. The Kier molecular flexibility index (Phi) is 4.87. The minimum atomic E-state index is -0.689. The molecule has 2 aromatic carbocycles. The molecule has 0 fully saturated rings. The highest BCUT2D eigenvalue weighted by molar-refractivity contribution is 6.09. The van der Waals surface area contributed by atoms with Gasteiger partial charge in [-0.1, -0.05) is 26.0 Å². The summed E-state index contributed by atoms with van der Waals surface area (Å²) in [6.07, 6.45) is 5.43. The van der Waals surface area contributed by atoms with Crippen molar-refractivity contribution < 1.29 is 28.5 Å². The van der Waals surface area contributed by atoms with Crippen LogP contribution in [0.4, 0.5) is 0 Å². The highest BCUT2D eigenvalue weighted by atomic mass is 16.5. The Bertz CT molecular complexity index is 1600. The van der Waals surface area contributed by atoms with E-state index in [4.69, 9.17) is 18.9 Å². The zero-order chi connectivity index (χ0) is 26.4. The van der Waals surface area contributed by atoms with E-state index < -0.39 is 23.5 Å². The van der Waals surface area contributed by atoms with Crippen molar-refractivity contribution in [2.45, 2.75) is 53.6 Å². The Labute approximate surface area is 215 Å². The van der Waals surface area contributed by atoms with Gasteiger partial charge in [0.05, 0.1) is 5.41 Å². The smallest absolute Gasteiger partial charge is 0.308 e. The zero-order valence-electron chi connectivity index (χ0n) is 21.8. The van der Waals surface area contributed by atoms with Gasteiger partial charge in [-0.15, -0.1) is 0 Å². The van der Waals surface area contributed by atoms with Crippen LogP contribution in [0.1, 0.15) is 58.6 Å². The number of ether oxygens (including phenoxy) is 4. The first-order chi connectivity index (χ1) is 17.5. The molecule has 6 rings (SSSR count). The number of esters is 2. The molecular weight excluding hydrogens is 468 g/mol. The minimum Gasteiger partial charge on any atom is -0.484 e. The lowest BCUT2D eigenvalue weighted by Crippen LogP contribution is -2.46. The molecule has 188 valence electrons. The number of allylic oxidation sites excluding steroid dienone is 5. The van der Waals surface area contributed by atoms with Crippen molar-refractivity contribution in [3.8, 4) is 17.2 Å². The van der Waals surface area contributed by atoms with Crippen LogP contribution in [-0.4, -0.2) is 18.0 Å². The van der Waals surface area contributed by atoms with E-state index in [0.29, 0.717) is 28.8 Å². The minimum absolute atomic E-state index is 0.219. The third-order valence-corrected chi connectivity index (χ3v) is 7.59. The van der Waals surface area contributed by atoms with Gasteiger partial charge in [-0.25, -0.2) is 0 Å². The van der Waals surface area contributed by atoms with Gasteiger partial charge in [-0.3, -0.25) is 9.59 Å². The largest absolute Gasteiger partial charge is 0.484 e. The quantitative estimate of drug-likeness (QED) is 0.348. The van der Waals surface area contributed by atoms with E-state index in [0.717, 1.165) is 44.2 Å². The predicted molar refractivity (Wildman–Crippen MR) is 140 cm³/mol. The molecule has 0 N–H and O–H groups in total. The fraction of sp³-hybridized carbons (Fsp3) is 0.290. The maximum Gasteiger partial charge on any atom is 0.308 e. The summed E-state index contributed by atoms with van der Waals surface area (Å²) in [4.78, 5) is 24.2. The topological polar surface area (TPSA) is 71.1 Å². The second-order valence-corrected chi connectivity index (χ2v) is 10.6. The number of hydrogen-bond acceptors (Lipinski definition) is 6. The van der Waals surface area contributed by atoms with Crippen LogP contribution >= 0.6 is 0 Å². The first-order valence-electron chi connectivity index (χ1n) is 12.4. The summed E-state index contributed by atoms with van der Waals surface area (Å²) >= 11 is 0. The van der Waals surface area contributed by atoms with E-state index in [2.05, 4.69) is 33.4 Å². The van der Waals surface area contributed by atoms with Gasteiger partial charge in [-0.05, 0) is 55.2 Å². The Balaban J connectivity index is 1.72. The molecule has 2 aliphatic carbocycles. The summed E-state index contributed by atoms with van der Waals surface area (Å²) in [6.45, 7) is 15.1. The first kappa shape index (κ1) is 23.3. The molecule has 0 saturated carbocycles. The molecule has 0 aromatic heterocycles. The molecule has 4 aliphatic rings. The molecule has 0 radical (unpaired) electrons. The van der Waals surface area contributed by atoms with Crippen LogP contribution in [0.25, 0.3) is 16.3 Å². The van der Waals surface area contributed by atoms with Crippen LogP contribution in [-0.2, 0) is 14.3 Å². The van der Waals surface area contributed by atoms with E-state index in [1.807, 2.05) is 25.1 Å². The number of carbonyl (C=O) groups is 2. The number of hydrogen-bond donors (Lipinski definition) is 0. The van der Waals surface area contributed by atoms with Gasteiger partial charge in [0.25, 0.3) is 0 Å². The van der Waals surface area contributed by atoms with Crippen molar-refractivity contribution >= 4 is 28.3 Å². The van der Waals surface area contributed by atoms with E-state index >= 15 is 0 Å². The normalized spacial score (nSPS) is 22.5. The van der Waals surface area contributed by atoms with E-state index in [9.17, 15) is 9.59 Å². The average Bonchev–Trinajstić information content (AvgIpc) is 2.80. The maximum atomic E-state index is 12.1. The van der Waals surface area contributed by atoms with Crippen molar-refractivity contribution in [2.75, 3.05) is 0 Å². The number of rotatable bonds is 4. The Morgan fingerprint density at radius 2 is 1.76 bits per heavy atom. The van der Waals surface area contributed by atoms with E-state index in [1.165, 1.54) is 13.8 Å². The highest BCUT2D eigenvalue weighted by Crippen LogP contribution is 2.63. The predicted octanol–water partition coefficient (Wildman–Crippen LogP) is 6.66. The Morgan fingerprint density at radius 1 is 1.03 bits per heavy atom. The molecule has 37 heavy (non-hydrogen) atoms. The van der Waals surface area contributed by atoms with Gasteiger partial charge in [0, 0.05) is 53.5 Å². The molecule has 6 heteroatoms. The molecule has 2 heterocycles. The monoisotopic (exact) mass is 496 g/mol. The van der Waals surface area contributed by atoms with Crippen LogP contribution in [0.2, 0.25) is 0 Å². The summed E-state index contributed by atoms with van der Waals surface area (Å²) in [5.74, 6) is 2.16. The summed E-state index contributed by atoms with van der Waals surface area (Å²) in [6, 6.07) is 5.89. The summed E-state index contributed by atoms with van der Waals surface area (Å²) < 4.78 is 24.7. The molecule has 0 saturated heterocycles. The van der Waals surface area contributed by atoms with Crippen molar-refractivity contribution in [1.29, 1.82) is 0 Å². The summed E-state index contributed by atoms with van der Waals surface area (Å²) in [5.41, 5.74) is 4.84. The molecular formula is C31H28O6. The SMILES string of the molecule is C=C(C)C1=CC2Oc3cc(OC(C)=O)c4cc(C(C)C)cc5c4c3C3=C(C=C(OC(C)=O)C(=C1)C32C)O5. The van der Waals surface area contributed by atoms with Gasteiger partial charge in [0.2, 0.25) is 0 Å². The highest BCUT2D eigenvalue weighted by Gasteiger charge is 2.55. The first-order valence-corrected chi connectivity index (χ1v) is 12.4. The lowest BCUT2D eigenvalue weighted by Gasteiger charge is -2.50. The van der Waals surface area contributed by atoms with Crippen molar-refractivity contribution in [3.63, 3.8) is 0 Å². The van der Waals surface area contributed by atoms with Gasteiger partial charge in [-0.2, -0.15) is 0 Å². The van der Waals surface area contributed by atoms with E-state index in [1.54, 1.807) is 12.1 Å². The van der Waals surface area contributed by atoms with E-state index in [-0.39, 0.29) is 5.92 Å². The fourth-order valence-corrected chi connectivity index (χ4v) is 5.82. The van der Waals surface area contributed by atoms with Gasteiger partial charge >= 0.3 is 11.9 Å². The number of benzene rings is 2. The lowest BCUT2D eigenvalue weighted by molar-refractivity contribution is -0.137. The van der Waals surface area contributed by atoms with Crippen molar-refractivity contribution in [3.05, 3.63) is 82.4 Å². The molecule has 2 aliphatic heterocycles. The molecule has 0 spiro atoms. The van der Waals surface area contributed by atoms with Crippen LogP contribution < -0.4 is 14.2 Å². The molecule has 0 bridgehead atoms. The lowest BCUT2D eigenvalue weighted by atomic mass is 9.60. The molecule has 6 nitrogen and oxygen atoms in total. The molecule has 2 unspecified atom stereocenters. The third-order valence-electron chi connectivity index (χ3n) is 7.59. The van der Waals surface area contributed by atoms with Crippen molar-refractivity contribution in [2.24, 2.45) is 5.41 Å². The second-order valence-electron chi connectivity index (χ2n) is 10.6. The van der Waals surface area contributed by atoms with Crippen LogP contribution in [0.3, 0.4) is 0 Å². The molecule has 2 atom stereocenters. The summed E-state index contributed by atoms with van der Waals surface area (Å²) in [7, 11) is 0. The second kappa shape index (κ2) is 7.72. The molecule has 2 aromatic rings. The van der Waals surface area contributed by atoms with Gasteiger partial charge in [0.15, 0.2) is 0 Å². The fourth-order valence-electron chi connectivity index (χ4n) is 5.82. The maximum absolute atomic E-state index is 12.1. The summed E-state index contributed by atoms with van der Waals surface area (Å²) in [5, 5.41) is 1.64. The molecule has 0 amide bonds. The number of carbonyl (C=O) groups excluding carboxylic acids is 2. The Morgan fingerprint density at radius 3 is 2.41 bits per heavy atom. The van der Waals surface area contributed by atoms with Crippen LogP contribution in [0.5, 0.6) is 17.2 Å². The van der Waals surface area contributed by atoms with Crippen LogP contribution in [0, 0.1) is 5.41 Å². The van der Waals surface area contributed by atoms with Gasteiger partial charge < -0.3 is 18.9 Å².